The van der Waals surface area contributed by atoms with Gasteiger partial charge >= 0.3 is 5.97 Å². The predicted octanol–water partition coefficient (Wildman–Crippen LogP) is 2.02. The third-order valence-electron chi connectivity index (χ3n) is 3.34. The Morgan fingerprint density at radius 1 is 1.35 bits per heavy atom. The highest BCUT2D eigenvalue weighted by molar-refractivity contribution is 5.87. The molecule has 1 aromatic rings. The molecular weight excluding hydrogens is 258 g/mol. The van der Waals surface area contributed by atoms with E-state index in [-0.39, 0.29) is 5.69 Å². The number of carbonyl (C=O) groups is 1. The van der Waals surface area contributed by atoms with E-state index >= 15 is 0 Å². The van der Waals surface area contributed by atoms with Crippen LogP contribution >= 0.6 is 0 Å². The van der Waals surface area contributed by atoms with Gasteiger partial charge in [-0.3, -0.25) is 4.98 Å². The first-order valence-corrected chi connectivity index (χ1v) is 7.05. The minimum absolute atomic E-state index is 0.200. The molecule has 0 aromatic carbocycles. The van der Waals surface area contributed by atoms with Crippen LogP contribution in [0.2, 0.25) is 0 Å². The molecule has 0 radical (unpaired) electrons. The van der Waals surface area contributed by atoms with Gasteiger partial charge in [0.15, 0.2) is 5.69 Å². The fraction of sp³-hybridized carbons (Fsp3) is 0.643. The molecule has 20 heavy (non-hydrogen) atoms. The van der Waals surface area contributed by atoms with Crippen LogP contribution in [0.15, 0.2) is 12.4 Å². The Bertz CT molecular complexity index is 433. The molecular formula is C14H21N3O3. The maximum absolute atomic E-state index is 11.3. The molecule has 0 spiro atoms. The number of aromatic nitrogens is 2. The molecule has 1 aromatic heterocycles. The van der Waals surface area contributed by atoms with E-state index in [9.17, 15) is 4.79 Å². The fourth-order valence-electron chi connectivity index (χ4n) is 2.29. The fourth-order valence-corrected chi connectivity index (χ4v) is 2.29. The molecule has 0 saturated heterocycles. The summed E-state index contributed by atoms with van der Waals surface area (Å²) in [5, 5.41) is 3.10. The summed E-state index contributed by atoms with van der Waals surface area (Å²) < 4.78 is 10.4. The summed E-state index contributed by atoms with van der Waals surface area (Å²) in [4.78, 5) is 19.4. The standard InChI is InChI=1S/C14H21N3O3/c1-19-14(18)12-9-15-10-13(17-12)16-7-8-20-11-5-3-2-4-6-11/h9-11H,2-8H2,1H3,(H,16,17). The van der Waals surface area contributed by atoms with Gasteiger partial charge in [-0.05, 0) is 12.8 Å². The van der Waals surface area contributed by atoms with Crippen molar-refractivity contribution < 1.29 is 14.3 Å². The van der Waals surface area contributed by atoms with E-state index in [2.05, 4.69) is 20.0 Å². The molecule has 1 heterocycles. The van der Waals surface area contributed by atoms with Crippen LogP contribution in [-0.2, 0) is 9.47 Å². The number of hydrogen-bond acceptors (Lipinski definition) is 6. The van der Waals surface area contributed by atoms with Gasteiger partial charge in [0.2, 0.25) is 0 Å². The van der Waals surface area contributed by atoms with Gasteiger partial charge < -0.3 is 14.8 Å². The van der Waals surface area contributed by atoms with Gasteiger partial charge in [0, 0.05) is 6.54 Å². The molecule has 0 atom stereocenters. The topological polar surface area (TPSA) is 73.3 Å². The summed E-state index contributed by atoms with van der Waals surface area (Å²) in [6.45, 7) is 1.28. The Kier molecular flexibility index (Phi) is 5.73. The largest absolute Gasteiger partial charge is 0.464 e. The number of carbonyl (C=O) groups excluding carboxylic acids is 1. The second-order valence-corrected chi connectivity index (χ2v) is 4.84. The molecule has 1 aliphatic rings. The number of anilines is 1. The van der Waals surface area contributed by atoms with Crippen LogP contribution in [0.5, 0.6) is 0 Å². The quantitative estimate of drug-likeness (QED) is 0.634. The molecule has 6 nitrogen and oxygen atoms in total. The SMILES string of the molecule is COC(=O)c1cncc(NCCOC2CCCCC2)n1. The van der Waals surface area contributed by atoms with E-state index in [0.717, 1.165) is 12.8 Å². The zero-order valence-electron chi connectivity index (χ0n) is 11.8. The number of rotatable bonds is 6. The van der Waals surface area contributed by atoms with E-state index in [1.807, 2.05) is 0 Å². The van der Waals surface area contributed by atoms with Crippen LogP contribution in [0.25, 0.3) is 0 Å². The number of methoxy groups -OCH3 is 1. The lowest BCUT2D eigenvalue weighted by Gasteiger charge is -2.22. The van der Waals surface area contributed by atoms with Crippen molar-refractivity contribution in [2.75, 3.05) is 25.6 Å². The molecule has 1 aliphatic carbocycles. The average molecular weight is 279 g/mol. The van der Waals surface area contributed by atoms with Gasteiger partial charge in [0.05, 0.1) is 32.2 Å². The molecule has 0 bridgehead atoms. The first-order chi connectivity index (χ1) is 9.79. The summed E-state index contributed by atoms with van der Waals surface area (Å²) in [5.74, 6) is 0.0692. The third-order valence-corrected chi connectivity index (χ3v) is 3.34. The Hall–Kier alpha value is -1.69. The number of ether oxygens (including phenoxy) is 2. The number of hydrogen-bond donors (Lipinski definition) is 1. The van der Waals surface area contributed by atoms with Crippen molar-refractivity contribution in [1.29, 1.82) is 0 Å². The first kappa shape index (κ1) is 14.7. The number of nitrogens with zero attached hydrogens (tertiary/aromatic N) is 2. The molecule has 1 fully saturated rings. The summed E-state index contributed by atoms with van der Waals surface area (Å²) in [6.07, 6.45) is 9.56. The Morgan fingerprint density at radius 2 is 2.15 bits per heavy atom. The van der Waals surface area contributed by atoms with Crippen molar-refractivity contribution in [3.8, 4) is 0 Å². The van der Waals surface area contributed by atoms with Gasteiger partial charge in [0.25, 0.3) is 0 Å². The van der Waals surface area contributed by atoms with Gasteiger partial charge in [-0.2, -0.15) is 0 Å². The Balaban J connectivity index is 1.72. The molecule has 0 unspecified atom stereocenters. The highest BCUT2D eigenvalue weighted by Crippen LogP contribution is 2.19. The zero-order chi connectivity index (χ0) is 14.2. The highest BCUT2D eigenvalue weighted by atomic mass is 16.5. The second-order valence-electron chi connectivity index (χ2n) is 4.84. The van der Waals surface area contributed by atoms with Crippen LogP contribution in [0.3, 0.4) is 0 Å². The summed E-state index contributed by atoms with van der Waals surface area (Å²) in [7, 11) is 1.32. The van der Waals surface area contributed by atoms with Gasteiger partial charge in [0.1, 0.15) is 5.82 Å². The minimum atomic E-state index is -0.486. The monoisotopic (exact) mass is 279 g/mol. The Labute approximate surface area is 118 Å². The minimum Gasteiger partial charge on any atom is -0.464 e. The maximum Gasteiger partial charge on any atom is 0.358 e. The van der Waals surface area contributed by atoms with Crippen LogP contribution in [0.4, 0.5) is 5.82 Å². The van der Waals surface area contributed by atoms with Crippen LogP contribution in [0, 0.1) is 0 Å². The smallest absolute Gasteiger partial charge is 0.358 e. The maximum atomic E-state index is 11.3. The number of esters is 1. The lowest BCUT2D eigenvalue weighted by atomic mass is 9.98. The molecule has 110 valence electrons. The average Bonchev–Trinajstić information content (AvgIpc) is 2.52. The first-order valence-electron chi connectivity index (χ1n) is 7.05. The molecule has 1 saturated carbocycles. The van der Waals surface area contributed by atoms with Crippen LogP contribution in [-0.4, -0.2) is 42.3 Å². The van der Waals surface area contributed by atoms with Crippen LogP contribution < -0.4 is 5.32 Å². The molecule has 2 rings (SSSR count). The predicted molar refractivity (Wildman–Crippen MR) is 74.7 cm³/mol. The molecule has 1 N–H and O–H groups in total. The lowest BCUT2D eigenvalue weighted by Crippen LogP contribution is -2.21. The second kappa shape index (κ2) is 7.79. The summed E-state index contributed by atoms with van der Waals surface area (Å²) in [5.41, 5.74) is 0.200. The van der Waals surface area contributed by atoms with Crippen molar-refractivity contribution in [2.45, 2.75) is 38.2 Å². The van der Waals surface area contributed by atoms with Gasteiger partial charge in [-0.15, -0.1) is 0 Å². The lowest BCUT2D eigenvalue weighted by molar-refractivity contribution is 0.0347. The highest BCUT2D eigenvalue weighted by Gasteiger charge is 2.13. The zero-order valence-corrected chi connectivity index (χ0v) is 11.8. The molecule has 0 aliphatic heterocycles. The van der Waals surface area contributed by atoms with E-state index in [1.54, 1.807) is 6.20 Å². The summed E-state index contributed by atoms with van der Waals surface area (Å²) >= 11 is 0. The van der Waals surface area contributed by atoms with Crippen molar-refractivity contribution in [1.82, 2.24) is 9.97 Å². The van der Waals surface area contributed by atoms with Crippen LogP contribution in [0.1, 0.15) is 42.6 Å². The molecule has 0 amide bonds. The van der Waals surface area contributed by atoms with Crippen molar-refractivity contribution in [3.05, 3.63) is 18.1 Å². The third kappa shape index (κ3) is 4.45. The van der Waals surface area contributed by atoms with E-state index in [4.69, 9.17) is 4.74 Å². The van der Waals surface area contributed by atoms with E-state index < -0.39 is 5.97 Å². The van der Waals surface area contributed by atoms with Crippen molar-refractivity contribution in [2.24, 2.45) is 0 Å². The molecule has 6 heteroatoms. The number of nitrogens with one attached hydrogen (secondary N) is 1. The summed E-state index contributed by atoms with van der Waals surface area (Å²) in [6, 6.07) is 0. The normalized spacial score (nSPS) is 15.8. The van der Waals surface area contributed by atoms with Crippen molar-refractivity contribution >= 4 is 11.8 Å². The van der Waals surface area contributed by atoms with Gasteiger partial charge in [-0.25, -0.2) is 9.78 Å². The van der Waals surface area contributed by atoms with Crippen molar-refractivity contribution in [3.63, 3.8) is 0 Å². The van der Waals surface area contributed by atoms with Gasteiger partial charge in [-0.1, -0.05) is 19.3 Å². The van der Waals surface area contributed by atoms with E-state index in [0.29, 0.717) is 25.1 Å². The van der Waals surface area contributed by atoms with E-state index in [1.165, 1.54) is 32.6 Å². The Morgan fingerprint density at radius 3 is 2.90 bits per heavy atom.